The summed E-state index contributed by atoms with van der Waals surface area (Å²) in [6.07, 6.45) is 0. The molecule has 0 atom stereocenters. The Balaban J connectivity index is 1.79. The van der Waals surface area contributed by atoms with E-state index in [2.05, 4.69) is 10.6 Å². The number of hydrogen-bond donors (Lipinski definition) is 3. The van der Waals surface area contributed by atoms with Gasteiger partial charge in [0, 0.05) is 6.54 Å². The summed E-state index contributed by atoms with van der Waals surface area (Å²) in [5, 5.41) is 6.87. The van der Waals surface area contributed by atoms with Gasteiger partial charge in [-0.05, 0) is 36.8 Å². The second-order valence-electron chi connectivity index (χ2n) is 5.39. The average Bonchev–Trinajstić information content (AvgIpc) is 2.66. The zero-order chi connectivity index (χ0) is 19.8. The Bertz CT molecular complexity index is 831. The first-order chi connectivity index (χ1) is 12.9. The molecule has 0 aliphatic carbocycles. The summed E-state index contributed by atoms with van der Waals surface area (Å²) in [6.45, 7) is 2.09. The number of amides is 3. The van der Waals surface area contributed by atoms with E-state index >= 15 is 0 Å². The van der Waals surface area contributed by atoms with Crippen LogP contribution in [-0.2, 0) is 11.3 Å². The van der Waals surface area contributed by atoms with Gasteiger partial charge in [0.25, 0.3) is 0 Å². The number of benzene rings is 2. The predicted molar refractivity (Wildman–Crippen MR) is 92.8 cm³/mol. The monoisotopic (exact) mass is 381 g/mol. The summed E-state index contributed by atoms with van der Waals surface area (Å²) in [7, 11) is 0. The number of carbonyl (C=O) groups excluding carboxylic acids is 2. The first kappa shape index (κ1) is 20.1. The molecule has 0 radical (unpaired) electrons. The van der Waals surface area contributed by atoms with Gasteiger partial charge >= 0.3 is 6.03 Å². The summed E-state index contributed by atoms with van der Waals surface area (Å²) in [4.78, 5) is 23.4. The Morgan fingerprint density at radius 2 is 1.81 bits per heavy atom. The maximum absolute atomic E-state index is 13.5. The van der Waals surface area contributed by atoms with Gasteiger partial charge in [-0.1, -0.05) is 12.1 Å². The smallest absolute Gasteiger partial charge is 0.315 e. The molecule has 0 spiro atoms. The van der Waals surface area contributed by atoms with Crippen LogP contribution in [0.2, 0.25) is 0 Å². The summed E-state index contributed by atoms with van der Waals surface area (Å²) in [6, 6.07) is 8.07. The molecule has 0 aliphatic heterocycles. The molecule has 0 aromatic heterocycles. The molecule has 0 saturated carbocycles. The topological polar surface area (TPSA) is 79.5 Å². The largest absolute Gasteiger partial charge is 0.494 e. The molecule has 3 N–H and O–H groups in total. The molecular formula is C18H18F3N3O3. The number of anilines is 1. The molecule has 6 nitrogen and oxygen atoms in total. The minimum atomic E-state index is -1.69. The van der Waals surface area contributed by atoms with Crippen LogP contribution in [0.3, 0.4) is 0 Å². The quantitative estimate of drug-likeness (QED) is 0.645. The Morgan fingerprint density at radius 3 is 2.56 bits per heavy atom. The molecule has 27 heavy (non-hydrogen) atoms. The van der Waals surface area contributed by atoms with E-state index in [1.807, 2.05) is 12.2 Å². The van der Waals surface area contributed by atoms with Crippen LogP contribution in [0.15, 0.2) is 36.4 Å². The maximum atomic E-state index is 13.5. The van der Waals surface area contributed by atoms with Gasteiger partial charge in [-0.3, -0.25) is 4.79 Å². The minimum absolute atomic E-state index is 0.201. The SMILES string of the molecule is CCOc1cccc(CNC(=O)NCC(=O)Nc2ccc(F)c(F)c2F)c1. The van der Waals surface area contributed by atoms with E-state index in [0.717, 1.165) is 11.6 Å². The number of urea groups is 1. The highest BCUT2D eigenvalue weighted by Gasteiger charge is 2.15. The zero-order valence-corrected chi connectivity index (χ0v) is 14.4. The number of rotatable bonds is 7. The lowest BCUT2D eigenvalue weighted by molar-refractivity contribution is -0.115. The highest BCUT2D eigenvalue weighted by atomic mass is 19.2. The lowest BCUT2D eigenvalue weighted by Gasteiger charge is -2.10. The van der Waals surface area contributed by atoms with Crippen molar-refractivity contribution in [3.63, 3.8) is 0 Å². The molecule has 0 bridgehead atoms. The van der Waals surface area contributed by atoms with Crippen molar-refractivity contribution in [2.45, 2.75) is 13.5 Å². The van der Waals surface area contributed by atoms with Gasteiger partial charge in [-0.2, -0.15) is 0 Å². The van der Waals surface area contributed by atoms with Crippen molar-refractivity contribution >= 4 is 17.6 Å². The van der Waals surface area contributed by atoms with E-state index in [4.69, 9.17) is 4.74 Å². The van der Waals surface area contributed by atoms with E-state index in [1.165, 1.54) is 0 Å². The van der Waals surface area contributed by atoms with Crippen LogP contribution in [0.1, 0.15) is 12.5 Å². The highest BCUT2D eigenvalue weighted by Crippen LogP contribution is 2.19. The molecule has 144 valence electrons. The van der Waals surface area contributed by atoms with Crippen molar-refractivity contribution in [2.75, 3.05) is 18.5 Å². The lowest BCUT2D eigenvalue weighted by Crippen LogP contribution is -2.39. The number of hydrogen-bond acceptors (Lipinski definition) is 3. The Morgan fingerprint density at radius 1 is 1.04 bits per heavy atom. The Hall–Kier alpha value is -3.23. The van der Waals surface area contributed by atoms with Gasteiger partial charge in [0.05, 0.1) is 18.8 Å². The number of carbonyl (C=O) groups is 2. The second kappa shape index (κ2) is 9.46. The molecule has 9 heteroatoms. The van der Waals surface area contributed by atoms with Crippen LogP contribution in [0.5, 0.6) is 5.75 Å². The molecular weight excluding hydrogens is 363 g/mol. The van der Waals surface area contributed by atoms with Crippen LogP contribution in [0.4, 0.5) is 23.7 Å². The van der Waals surface area contributed by atoms with Crippen molar-refractivity contribution in [1.82, 2.24) is 10.6 Å². The number of halogens is 3. The van der Waals surface area contributed by atoms with Crippen LogP contribution in [0, 0.1) is 17.5 Å². The highest BCUT2D eigenvalue weighted by molar-refractivity contribution is 5.94. The summed E-state index contributed by atoms with van der Waals surface area (Å²) >= 11 is 0. The molecule has 3 amide bonds. The maximum Gasteiger partial charge on any atom is 0.315 e. The van der Waals surface area contributed by atoms with E-state index in [1.54, 1.807) is 24.3 Å². The van der Waals surface area contributed by atoms with Crippen molar-refractivity contribution in [1.29, 1.82) is 0 Å². The van der Waals surface area contributed by atoms with Crippen molar-refractivity contribution in [3.8, 4) is 5.75 Å². The Labute approximate surface area is 153 Å². The van der Waals surface area contributed by atoms with E-state index in [-0.39, 0.29) is 6.54 Å². The number of nitrogens with one attached hydrogen (secondary N) is 3. The fourth-order valence-electron chi connectivity index (χ4n) is 2.13. The van der Waals surface area contributed by atoms with Crippen LogP contribution in [-0.4, -0.2) is 25.1 Å². The van der Waals surface area contributed by atoms with Crippen LogP contribution >= 0.6 is 0 Å². The van der Waals surface area contributed by atoms with Crippen molar-refractivity contribution in [2.24, 2.45) is 0 Å². The fraction of sp³-hybridized carbons (Fsp3) is 0.222. The normalized spacial score (nSPS) is 10.2. The van der Waals surface area contributed by atoms with Gasteiger partial charge in [0.1, 0.15) is 5.75 Å². The summed E-state index contributed by atoms with van der Waals surface area (Å²) in [5.41, 5.74) is 0.276. The van der Waals surface area contributed by atoms with E-state index < -0.39 is 41.6 Å². The van der Waals surface area contributed by atoms with Crippen molar-refractivity contribution in [3.05, 3.63) is 59.4 Å². The van der Waals surface area contributed by atoms with Gasteiger partial charge in [-0.25, -0.2) is 18.0 Å². The first-order valence-electron chi connectivity index (χ1n) is 8.07. The molecule has 0 heterocycles. The standard InChI is InChI=1S/C18H18F3N3O3/c1-2-27-12-5-3-4-11(8-12)9-22-18(26)23-10-15(25)24-14-7-6-13(19)16(20)17(14)21/h3-8H,2,9-10H2,1H3,(H,24,25)(H2,22,23,26). The second-order valence-corrected chi connectivity index (χ2v) is 5.39. The lowest BCUT2D eigenvalue weighted by atomic mass is 10.2. The average molecular weight is 381 g/mol. The molecule has 0 saturated heterocycles. The van der Waals surface area contributed by atoms with E-state index in [9.17, 15) is 22.8 Å². The minimum Gasteiger partial charge on any atom is -0.494 e. The number of ether oxygens (including phenoxy) is 1. The molecule has 0 aliphatic rings. The third kappa shape index (κ3) is 5.91. The van der Waals surface area contributed by atoms with Gasteiger partial charge in [0.2, 0.25) is 5.91 Å². The van der Waals surface area contributed by atoms with Gasteiger partial charge in [0.15, 0.2) is 17.5 Å². The molecule has 0 fully saturated rings. The predicted octanol–water partition coefficient (Wildman–Crippen LogP) is 2.94. The summed E-state index contributed by atoms with van der Waals surface area (Å²) in [5.74, 6) is -4.69. The third-order valence-electron chi connectivity index (χ3n) is 3.38. The molecule has 2 aromatic rings. The molecule has 2 aromatic carbocycles. The van der Waals surface area contributed by atoms with Crippen molar-refractivity contribution < 1.29 is 27.5 Å². The third-order valence-corrected chi connectivity index (χ3v) is 3.38. The van der Waals surface area contributed by atoms with Gasteiger partial charge < -0.3 is 20.7 Å². The zero-order valence-electron chi connectivity index (χ0n) is 14.4. The van der Waals surface area contributed by atoms with Crippen LogP contribution < -0.4 is 20.7 Å². The fourth-order valence-corrected chi connectivity index (χ4v) is 2.13. The van der Waals surface area contributed by atoms with E-state index in [0.29, 0.717) is 18.4 Å². The molecule has 2 rings (SSSR count). The summed E-state index contributed by atoms with van der Waals surface area (Å²) < 4.78 is 44.8. The Kier molecular flexibility index (Phi) is 7.04. The first-order valence-corrected chi connectivity index (χ1v) is 8.07. The van der Waals surface area contributed by atoms with Gasteiger partial charge in [-0.15, -0.1) is 0 Å². The molecule has 0 unspecified atom stereocenters. The van der Waals surface area contributed by atoms with Crippen LogP contribution in [0.25, 0.3) is 0 Å².